The molecule has 2 aromatic heterocycles. The van der Waals surface area contributed by atoms with E-state index in [4.69, 9.17) is 4.74 Å². The molecule has 0 spiro atoms. The van der Waals surface area contributed by atoms with Crippen molar-refractivity contribution in [3.8, 4) is 0 Å². The molecule has 0 aliphatic carbocycles. The van der Waals surface area contributed by atoms with Gasteiger partial charge in [0.2, 0.25) is 0 Å². The quantitative estimate of drug-likeness (QED) is 0.473. The van der Waals surface area contributed by atoms with Gasteiger partial charge in [-0.3, -0.25) is 9.20 Å². The summed E-state index contributed by atoms with van der Waals surface area (Å²) in [7, 11) is 0. The summed E-state index contributed by atoms with van der Waals surface area (Å²) in [5.41, 5.74) is 3.39. The molecule has 2 heterocycles. The van der Waals surface area contributed by atoms with E-state index in [-0.39, 0.29) is 18.2 Å². The van der Waals surface area contributed by atoms with Crippen LogP contribution in [0.15, 0.2) is 30.6 Å². The molecule has 0 saturated carbocycles. The van der Waals surface area contributed by atoms with Gasteiger partial charge < -0.3 is 9.64 Å². The molecular weight excluding hydrogens is 378 g/mol. The second-order valence-electron chi connectivity index (χ2n) is 7.45. The van der Waals surface area contributed by atoms with Crippen LogP contribution in [0.4, 0.5) is 0 Å². The summed E-state index contributed by atoms with van der Waals surface area (Å²) in [6.45, 7) is 9.72. The molecule has 6 nitrogen and oxygen atoms in total. The molecule has 0 aliphatic heterocycles. The summed E-state index contributed by atoms with van der Waals surface area (Å²) < 4.78 is 7.18. The van der Waals surface area contributed by atoms with Gasteiger partial charge in [0, 0.05) is 18.5 Å². The van der Waals surface area contributed by atoms with E-state index in [9.17, 15) is 9.59 Å². The molecule has 0 aliphatic rings. The van der Waals surface area contributed by atoms with Crippen molar-refractivity contribution in [2.75, 3.05) is 19.7 Å². The smallest absolute Gasteiger partial charge is 0.359 e. The van der Waals surface area contributed by atoms with Crippen LogP contribution in [0.25, 0.3) is 16.4 Å². The van der Waals surface area contributed by atoms with E-state index in [1.54, 1.807) is 13.3 Å². The van der Waals surface area contributed by atoms with Crippen LogP contribution < -0.4 is 0 Å². The zero-order valence-corrected chi connectivity index (χ0v) is 18.4. The molecule has 30 heavy (non-hydrogen) atoms. The predicted octanol–water partition coefficient (Wildman–Crippen LogP) is 4.88. The number of hydrogen-bond acceptors (Lipinski definition) is 4. The largest absolute Gasteiger partial charge is 0.461 e. The number of aromatic nitrogens is 2. The van der Waals surface area contributed by atoms with E-state index >= 15 is 0 Å². The van der Waals surface area contributed by atoms with Crippen LogP contribution in [0.1, 0.15) is 73.4 Å². The average Bonchev–Trinajstić information content (AvgIpc) is 3.19. The minimum Gasteiger partial charge on any atom is -0.461 e. The van der Waals surface area contributed by atoms with E-state index < -0.39 is 5.97 Å². The number of carbonyl (C=O) groups excluding carboxylic acids is 2. The monoisotopic (exact) mass is 409 g/mol. The number of ether oxygens (including phenoxy) is 1. The van der Waals surface area contributed by atoms with Crippen molar-refractivity contribution < 1.29 is 14.3 Å². The second-order valence-corrected chi connectivity index (χ2v) is 7.45. The molecule has 0 fully saturated rings. The molecule has 1 amide bonds. The Bertz CT molecular complexity index is 1050. The van der Waals surface area contributed by atoms with Crippen molar-refractivity contribution >= 4 is 28.3 Å². The fourth-order valence-electron chi connectivity index (χ4n) is 4.09. The van der Waals surface area contributed by atoms with E-state index in [0.29, 0.717) is 30.6 Å². The number of esters is 1. The number of para-hydroxylation sites is 1. The van der Waals surface area contributed by atoms with Crippen molar-refractivity contribution in [2.45, 2.75) is 53.4 Å². The van der Waals surface area contributed by atoms with Gasteiger partial charge in [0.05, 0.1) is 23.2 Å². The number of pyridine rings is 1. The van der Waals surface area contributed by atoms with E-state index in [1.807, 2.05) is 33.6 Å². The van der Waals surface area contributed by atoms with Gasteiger partial charge in [-0.2, -0.15) is 0 Å². The first-order valence-corrected chi connectivity index (χ1v) is 11.0. The molecule has 3 rings (SSSR count). The molecular formula is C24H31N3O3. The van der Waals surface area contributed by atoms with Crippen LogP contribution in [-0.2, 0) is 11.2 Å². The summed E-state index contributed by atoms with van der Waals surface area (Å²) in [6.07, 6.45) is 4.99. The Labute approximate surface area is 177 Å². The number of fused-ring (bicyclic) bond motifs is 3. The molecule has 1 aromatic carbocycles. The lowest BCUT2D eigenvalue weighted by atomic mass is 9.96. The van der Waals surface area contributed by atoms with Gasteiger partial charge in [0.1, 0.15) is 6.33 Å². The standard InChI is InChI=1S/C24H31N3O3/c1-5-11-18-20(23(28)26(14-6-2)15-7-3)17-12-9-10-13-19(17)27-16-25-21(22(18)27)24(29)30-8-4/h9-10,12-13,16H,5-8,11,14-15H2,1-4H3. The van der Waals surface area contributed by atoms with E-state index in [2.05, 4.69) is 25.8 Å². The maximum Gasteiger partial charge on any atom is 0.359 e. The topological polar surface area (TPSA) is 63.9 Å². The molecule has 6 heteroatoms. The Morgan fingerprint density at radius 1 is 1.03 bits per heavy atom. The van der Waals surface area contributed by atoms with Gasteiger partial charge in [-0.1, -0.05) is 45.4 Å². The Balaban J connectivity index is 2.38. The molecule has 160 valence electrons. The lowest BCUT2D eigenvalue weighted by molar-refractivity contribution is 0.0522. The third kappa shape index (κ3) is 3.91. The number of aryl methyl sites for hydroxylation is 1. The van der Waals surface area contributed by atoms with Crippen LogP contribution in [-0.4, -0.2) is 45.9 Å². The average molecular weight is 410 g/mol. The van der Waals surface area contributed by atoms with Gasteiger partial charge in [0.15, 0.2) is 5.69 Å². The van der Waals surface area contributed by atoms with Gasteiger partial charge in [-0.25, -0.2) is 9.78 Å². The van der Waals surface area contributed by atoms with Gasteiger partial charge in [0.25, 0.3) is 5.91 Å². The number of imidazole rings is 1. The van der Waals surface area contributed by atoms with Crippen LogP contribution >= 0.6 is 0 Å². The first-order chi connectivity index (χ1) is 14.6. The third-order valence-electron chi connectivity index (χ3n) is 5.24. The normalized spacial score (nSPS) is 11.2. The summed E-state index contributed by atoms with van der Waals surface area (Å²) in [4.78, 5) is 32.7. The second kappa shape index (κ2) is 9.74. The minimum absolute atomic E-state index is 0.0249. The van der Waals surface area contributed by atoms with Crippen molar-refractivity contribution in [1.29, 1.82) is 0 Å². The van der Waals surface area contributed by atoms with Gasteiger partial charge >= 0.3 is 5.97 Å². The van der Waals surface area contributed by atoms with E-state index in [0.717, 1.165) is 35.7 Å². The van der Waals surface area contributed by atoms with Crippen LogP contribution in [0, 0.1) is 0 Å². The van der Waals surface area contributed by atoms with Crippen molar-refractivity contribution in [3.63, 3.8) is 0 Å². The lowest BCUT2D eigenvalue weighted by Gasteiger charge is -2.25. The highest BCUT2D eigenvalue weighted by molar-refractivity contribution is 6.11. The highest BCUT2D eigenvalue weighted by Gasteiger charge is 2.27. The maximum atomic E-state index is 13.8. The number of amides is 1. The minimum atomic E-state index is -0.454. The number of benzene rings is 1. The van der Waals surface area contributed by atoms with Crippen LogP contribution in [0.2, 0.25) is 0 Å². The summed E-state index contributed by atoms with van der Waals surface area (Å²) >= 11 is 0. The van der Waals surface area contributed by atoms with Gasteiger partial charge in [-0.15, -0.1) is 0 Å². The fourth-order valence-corrected chi connectivity index (χ4v) is 4.09. The molecule has 0 atom stereocenters. The number of hydrogen-bond donors (Lipinski definition) is 0. The van der Waals surface area contributed by atoms with Crippen molar-refractivity contribution in [1.82, 2.24) is 14.3 Å². The SMILES string of the molecule is CCCc1c(C(=O)N(CCC)CCC)c2ccccc2n2cnc(C(=O)OCC)c12. The Morgan fingerprint density at radius 3 is 2.37 bits per heavy atom. The van der Waals surface area contributed by atoms with Crippen molar-refractivity contribution in [2.24, 2.45) is 0 Å². The first kappa shape index (κ1) is 21.8. The summed E-state index contributed by atoms with van der Waals surface area (Å²) in [6, 6.07) is 7.85. The van der Waals surface area contributed by atoms with Crippen LogP contribution in [0.5, 0.6) is 0 Å². The molecule has 3 aromatic rings. The Kier molecular flexibility index (Phi) is 7.08. The van der Waals surface area contributed by atoms with E-state index in [1.165, 1.54) is 0 Å². The molecule has 0 N–H and O–H groups in total. The summed E-state index contributed by atoms with van der Waals surface area (Å²) in [5.74, 6) is -0.429. The first-order valence-electron chi connectivity index (χ1n) is 11.0. The molecule has 0 radical (unpaired) electrons. The Hall–Kier alpha value is -2.89. The maximum absolute atomic E-state index is 13.8. The summed E-state index contributed by atoms with van der Waals surface area (Å²) in [5, 5.41) is 0.892. The molecule has 0 unspecified atom stereocenters. The lowest BCUT2D eigenvalue weighted by Crippen LogP contribution is -2.33. The number of rotatable bonds is 9. The fraction of sp³-hybridized carbons (Fsp3) is 0.458. The van der Waals surface area contributed by atoms with Crippen LogP contribution in [0.3, 0.4) is 0 Å². The third-order valence-corrected chi connectivity index (χ3v) is 5.24. The Morgan fingerprint density at radius 2 is 1.73 bits per heavy atom. The number of carbonyl (C=O) groups is 2. The van der Waals surface area contributed by atoms with Crippen molar-refractivity contribution in [3.05, 3.63) is 47.4 Å². The molecule has 0 saturated heterocycles. The highest BCUT2D eigenvalue weighted by atomic mass is 16.5. The zero-order chi connectivity index (χ0) is 21.7. The van der Waals surface area contributed by atoms with Gasteiger partial charge in [-0.05, 0) is 37.8 Å². The zero-order valence-electron chi connectivity index (χ0n) is 18.4. The molecule has 0 bridgehead atoms. The number of nitrogens with zero attached hydrogens (tertiary/aromatic N) is 3. The predicted molar refractivity (Wildman–Crippen MR) is 119 cm³/mol. The highest BCUT2D eigenvalue weighted by Crippen LogP contribution is 2.31.